The zero-order chi connectivity index (χ0) is 27.5. The summed E-state index contributed by atoms with van der Waals surface area (Å²) in [5, 5.41) is 12.5. The third-order valence-corrected chi connectivity index (χ3v) is 6.78. The summed E-state index contributed by atoms with van der Waals surface area (Å²) in [6.45, 7) is 9.59. The van der Waals surface area contributed by atoms with E-state index in [1.807, 2.05) is 13.0 Å². The quantitative estimate of drug-likeness (QED) is 0.338. The minimum absolute atomic E-state index is 0.115. The van der Waals surface area contributed by atoms with Crippen LogP contribution in [0.2, 0.25) is 0 Å². The SMILES string of the molecule is CCCC(C)CC(C)COC.COc1ccc2nc(C)sc2c1C(=O)Nc1cc(C#N)ccc1C(N)=O. The first-order valence-electron chi connectivity index (χ1n) is 12.2. The van der Waals surface area contributed by atoms with Crippen molar-refractivity contribution in [2.45, 2.75) is 47.0 Å². The highest BCUT2D eigenvalue weighted by atomic mass is 32.1. The van der Waals surface area contributed by atoms with Gasteiger partial charge < -0.3 is 20.5 Å². The number of nitrogens with zero attached hydrogens (tertiary/aromatic N) is 2. The molecule has 2 unspecified atom stereocenters. The average Bonchev–Trinajstić information content (AvgIpc) is 3.23. The number of carbonyl (C=O) groups excluding carboxylic acids is 2. The van der Waals surface area contributed by atoms with Gasteiger partial charge in [0, 0.05) is 13.7 Å². The topological polar surface area (TPSA) is 127 Å². The lowest BCUT2D eigenvalue weighted by molar-refractivity contribution is 0.100. The van der Waals surface area contributed by atoms with Gasteiger partial charge in [0.1, 0.15) is 11.3 Å². The molecule has 0 aliphatic rings. The Morgan fingerprint density at radius 3 is 2.51 bits per heavy atom. The number of ether oxygens (including phenoxy) is 2. The van der Waals surface area contributed by atoms with Gasteiger partial charge in [0.15, 0.2) is 0 Å². The molecule has 0 fully saturated rings. The van der Waals surface area contributed by atoms with E-state index in [1.54, 1.807) is 19.2 Å². The van der Waals surface area contributed by atoms with E-state index in [4.69, 9.17) is 20.5 Å². The van der Waals surface area contributed by atoms with Crippen LogP contribution in [-0.4, -0.2) is 37.6 Å². The van der Waals surface area contributed by atoms with Crippen LogP contribution in [0.1, 0.15) is 71.3 Å². The fraction of sp³-hybridized carbons (Fsp3) is 0.429. The van der Waals surface area contributed by atoms with Gasteiger partial charge in [0.2, 0.25) is 0 Å². The molecular weight excluding hydrogens is 488 g/mol. The van der Waals surface area contributed by atoms with E-state index in [9.17, 15) is 9.59 Å². The van der Waals surface area contributed by atoms with Gasteiger partial charge in [0.05, 0.1) is 45.2 Å². The van der Waals surface area contributed by atoms with Gasteiger partial charge in [-0.05, 0) is 55.5 Å². The highest BCUT2D eigenvalue weighted by Crippen LogP contribution is 2.33. The number of hydrogen-bond acceptors (Lipinski definition) is 7. The van der Waals surface area contributed by atoms with E-state index in [0.29, 0.717) is 27.1 Å². The number of primary amides is 1. The first kappa shape index (κ1) is 29.7. The van der Waals surface area contributed by atoms with Crippen molar-refractivity contribution in [2.24, 2.45) is 17.6 Å². The molecule has 198 valence electrons. The molecule has 3 rings (SSSR count). The number of fused-ring (bicyclic) bond motifs is 1. The van der Waals surface area contributed by atoms with E-state index in [0.717, 1.165) is 23.5 Å². The van der Waals surface area contributed by atoms with Gasteiger partial charge in [0.25, 0.3) is 11.8 Å². The lowest BCUT2D eigenvalue weighted by Crippen LogP contribution is -2.19. The van der Waals surface area contributed by atoms with E-state index in [2.05, 4.69) is 31.1 Å². The Hall–Kier alpha value is -3.48. The molecule has 1 aromatic heterocycles. The summed E-state index contributed by atoms with van der Waals surface area (Å²) in [6, 6.07) is 9.68. The lowest BCUT2D eigenvalue weighted by Gasteiger charge is -2.15. The first-order valence-corrected chi connectivity index (χ1v) is 13.0. The minimum Gasteiger partial charge on any atom is -0.496 e. The lowest BCUT2D eigenvalue weighted by atomic mass is 9.94. The highest BCUT2D eigenvalue weighted by Gasteiger charge is 2.21. The van der Waals surface area contributed by atoms with Crippen molar-refractivity contribution in [3.63, 3.8) is 0 Å². The third kappa shape index (κ3) is 8.27. The number of benzene rings is 2. The number of nitrogens with two attached hydrogens (primary N) is 1. The van der Waals surface area contributed by atoms with Crippen molar-refractivity contribution in [1.82, 2.24) is 4.98 Å². The largest absolute Gasteiger partial charge is 0.496 e. The van der Waals surface area contributed by atoms with Crippen molar-refractivity contribution < 1.29 is 19.1 Å². The molecular formula is C28H36N4O4S. The number of aryl methyl sites for hydroxylation is 1. The molecule has 0 saturated carbocycles. The number of aromatic nitrogens is 1. The van der Waals surface area contributed by atoms with Crippen molar-refractivity contribution in [3.8, 4) is 11.8 Å². The zero-order valence-electron chi connectivity index (χ0n) is 22.4. The van der Waals surface area contributed by atoms with E-state index >= 15 is 0 Å². The Morgan fingerprint density at radius 1 is 1.19 bits per heavy atom. The van der Waals surface area contributed by atoms with E-state index < -0.39 is 11.8 Å². The monoisotopic (exact) mass is 524 g/mol. The first-order chi connectivity index (χ1) is 17.6. The molecule has 8 nitrogen and oxygen atoms in total. The summed E-state index contributed by atoms with van der Waals surface area (Å²) in [6.07, 6.45) is 3.97. The van der Waals surface area contributed by atoms with Crippen LogP contribution in [0.4, 0.5) is 5.69 Å². The van der Waals surface area contributed by atoms with Crippen LogP contribution >= 0.6 is 11.3 Å². The molecule has 2 amide bonds. The molecule has 3 N–H and O–H groups in total. The minimum atomic E-state index is -0.705. The fourth-order valence-corrected chi connectivity index (χ4v) is 5.19. The Bertz CT molecular complexity index is 1260. The molecule has 0 aliphatic heterocycles. The number of thiazole rings is 1. The van der Waals surface area contributed by atoms with E-state index in [-0.39, 0.29) is 11.3 Å². The normalized spacial score (nSPS) is 12.1. The number of amides is 2. The second-order valence-electron chi connectivity index (χ2n) is 9.10. The summed E-state index contributed by atoms with van der Waals surface area (Å²) in [7, 11) is 3.25. The zero-order valence-corrected chi connectivity index (χ0v) is 23.2. The molecule has 0 radical (unpaired) electrons. The Morgan fingerprint density at radius 2 is 1.92 bits per heavy atom. The maximum absolute atomic E-state index is 12.9. The summed E-state index contributed by atoms with van der Waals surface area (Å²) >= 11 is 1.37. The molecule has 0 spiro atoms. The second kappa shape index (κ2) is 14.3. The van der Waals surface area contributed by atoms with Crippen LogP contribution in [0.15, 0.2) is 30.3 Å². The van der Waals surface area contributed by atoms with E-state index in [1.165, 1.54) is 55.9 Å². The van der Waals surface area contributed by atoms with Gasteiger partial charge >= 0.3 is 0 Å². The molecule has 0 aliphatic carbocycles. The van der Waals surface area contributed by atoms with Gasteiger partial charge in [-0.1, -0.05) is 33.6 Å². The van der Waals surface area contributed by atoms with Crippen molar-refractivity contribution in [2.75, 3.05) is 26.1 Å². The van der Waals surface area contributed by atoms with Crippen LogP contribution in [-0.2, 0) is 4.74 Å². The van der Waals surface area contributed by atoms with Gasteiger partial charge in [-0.15, -0.1) is 11.3 Å². The van der Waals surface area contributed by atoms with Gasteiger partial charge in [-0.3, -0.25) is 9.59 Å². The summed E-state index contributed by atoms with van der Waals surface area (Å²) in [5.74, 6) is 0.791. The van der Waals surface area contributed by atoms with Crippen molar-refractivity contribution >= 4 is 39.1 Å². The number of nitriles is 1. The predicted molar refractivity (Wildman–Crippen MR) is 148 cm³/mol. The van der Waals surface area contributed by atoms with Crippen LogP contribution < -0.4 is 15.8 Å². The third-order valence-electron chi connectivity index (χ3n) is 5.77. The molecule has 0 bridgehead atoms. The molecule has 2 aromatic carbocycles. The molecule has 1 heterocycles. The molecule has 3 aromatic rings. The Balaban J connectivity index is 0.000000371. The number of carbonyl (C=O) groups is 2. The van der Waals surface area contributed by atoms with Crippen LogP contribution in [0.25, 0.3) is 10.2 Å². The Labute approximate surface area is 222 Å². The summed E-state index contributed by atoms with van der Waals surface area (Å²) in [5.41, 5.74) is 6.94. The highest BCUT2D eigenvalue weighted by molar-refractivity contribution is 7.19. The van der Waals surface area contributed by atoms with Crippen molar-refractivity contribution in [1.29, 1.82) is 5.26 Å². The molecule has 9 heteroatoms. The average molecular weight is 525 g/mol. The smallest absolute Gasteiger partial charge is 0.260 e. The molecule has 2 atom stereocenters. The Kier molecular flexibility index (Phi) is 11.5. The standard InChI is InChI=1S/C18H14N4O3S.C10H22O/c1-9-21-12-5-6-14(25-2)15(16(12)26-9)18(24)22-13-7-10(8-19)3-4-11(13)17(20)23;1-5-6-9(2)7-10(3)8-11-4/h3-7H,1-2H3,(H2,20,23)(H,22,24);9-10H,5-8H2,1-4H3. The molecule has 37 heavy (non-hydrogen) atoms. The molecule has 0 saturated heterocycles. The van der Waals surface area contributed by atoms with Crippen LogP contribution in [0.5, 0.6) is 5.75 Å². The maximum atomic E-state index is 12.9. The summed E-state index contributed by atoms with van der Waals surface area (Å²) in [4.78, 5) is 29.0. The number of methoxy groups -OCH3 is 2. The van der Waals surface area contributed by atoms with Crippen LogP contribution in [0, 0.1) is 30.1 Å². The predicted octanol–water partition coefficient (Wildman–Crippen LogP) is 5.93. The second-order valence-corrected chi connectivity index (χ2v) is 10.3. The fourth-order valence-electron chi connectivity index (χ4n) is 4.24. The number of rotatable bonds is 10. The van der Waals surface area contributed by atoms with Gasteiger partial charge in [-0.25, -0.2) is 4.98 Å². The van der Waals surface area contributed by atoms with Gasteiger partial charge in [-0.2, -0.15) is 5.26 Å². The maximum Gasteiger partial charge on any atom is 0.260 e. The number of nitrogens with one attached hydrogen (secondary N) is 1. The van der Waals surface area contributed by atoms with Crippen molar-refractivity contribution in [3.05, 3.63) is 52.0 Å². The number of anilines is 1. The summed E-state index contributed by atoms with van der Waals surface area (Å²) < 4.78 is 11.1. The van der Waals surface area contributed by atoms with Crippen LogP contribution in [0.3, 0.4) is 0 Å². The number of hydrogen-bond donors (Lipinski definition) is 2.